The molecule has 12 heavy (non-hydrogen) atoms. The van der Waals surface area contributed by atoms with E-state index in [0.717, 1.165) is 6.54 Å². The summed E-state index contributed by atoms with van der Waals surface area (Å²) >= 11 is 0. The van der Waals surface area contributed by atoms with Crippen molar-refractivity contribution < 1.29 is 0 Å². The summed E-state index contributed by atoms with van der Waals surface area (Å²) in [4.78, 5) is 4.27. The Labute approximate surface area is 75.9 Å². The van der Waals surface area contributed by atoms with Crippen molar-refractivity contribution in [1.82, 2.24) is 0 Å². The van der Waals surface area contributed by atoms with Crippen LogP contribution >= 0.6 is 0 Å². The molecule has 0 unspecified atom stereocenters. The molecule has 0 aliphatic rings. The molecule has 0 N–H and O–H groups in total. The largest absolute Gasteiger partial charge is 0.289 e. The molecule has 0 saturated heterocycles. The Bertz CT molecular complexity index is 185. The number of hydrogen-bond acceptors (Lipinski definition) is 1. The van der Waals surface area contributed by atoms with Crippen LogP contribution in [0.2, 0.25) is 0 Å². The van der Waals surface area contributed by atoms with Crippen LogP contribution in [0.25, 0.3) is 0 Å². The fourth-order valence-corrected chi connectivity index (χ4v) is 0.912. The highest BCUT2D eigenvalue weighted by atomic mass is 14.7. The first-order valence-corrected chi connectivity index (χ1v) is 4.48. The summed E-state index contributed by atoms with van der Waals surface area (Å²) in [6.45, 7) is 9.28. The zero-order valence-corrected chi connectivity index (χ0v) is 8.54. The van der Waals surface area contributed by atoms with Gasteiger partial charge in [-0.1, -0.05) is 31.6 Å². The van der Waals surface area contributed by atoms with E-state index in [1.165, 1.54) is 5.57 Å². The summed E-state index contributed by atoms with van der Waals surface area (Å²) in [6, 6.07) is 0. The van der Waals surface area contributed by atoms with Crippen LogP contribution in [0.5, 0.6) is 0 Å². The summed E-state index contributed by atoms with van der Waals surface area (Å²) < 4.78 is 0. The molecule has 1 nitrogen and oxygen atoms in total. The summed E-state index contributed by atoms with van der Waals surface area (Å²) in [5.74, 6) is 0.609. The van der Waals surface area contributed by atoms with E-state index in [0.29, 0.717) is 5.92 Å². The number of allylic oxidation sites excluding steroid dienone is 3. The monoisotopic (exact) mass is 165 g/mol. The lowest BCUT2D eigenvalue weighted by Gasteiger charge is -2.06. The average Bonchev–Trinajstić information content (AvgIpc) is 2.04. The van der Waals surface area contributed by atoms with E-state index < -0.39 is 0 Å². The maximum absolute atomic E-state index is 4.27. The SMILES string of the molecule is C/C=C\C=NC/C(=C\C)C(C)C. The van der Waals surface area contributed by atoms with Gasteiger partial charge in [0.05, 0.1) is 6.54 Å². The molecule has 68 valence electrons. The standard InChI is InChI=1S/C11H19N/c1-5-7-8-12-9-11(6-2)10(3)4/h5-8,10H,9H2,1-4H3/b7-5-,11-6+,12-8?. The topological polar surface area (TPSA) is 12.4 Å². The van der Waals surface area contributed by atoms with Gasteiger partial charge in [-0.2, -0.15) is 0 Å². The smallest absolute Gasteiger partial charge is 0.0602 e. The first-order valence-electron chi connectivity index (χ1n) is 4.48. The molecule has 0 aromatic heterocycles. The Kier molecular flexibility index (Phi) is 6.35. The van der Waals surface area contributed by atoms with Gasteiger partial charge in [-0.15, -0.1) is 0 Å². The van der Waals surface area contributed by atoms with Gasteiger partial charge in [0.1, 0.15) is 0 Å². The lowest BCUT2D eigenvalue weighted by atomic mass is 10.0. The van der Waals surface area contributed by atoms with Gasteiger partial charge in [0.25, 0.3) is 0 Å². The molecule has 0 aromatic rings. The third-order valence-corrected chi connectivity index (χ3v) is 1.77. The van der Waals surface area contributed by atoms with Crippen LogP contribution in [0.3, 0.4) is 0 Å². The van der Waals surface area contributed by atoms with Crippen molar-refractivity contribution in [3.63, 3.8) is 0 Å². The highest BCUT2D eigenvalue weighted by Gasteiger charge is 1.98. The molecule has 0 saturated carbocycles. The summed E-state index contributed by atoms with van der Waals surface area (Å²) in [5, 5.41) is 0. The van der Waals surface area contributed by atoms with Gasteiger partial charge in [0, 0.05) is 6.21 Å². The van der Waals surface area contributed by atoms with E-state index in [9.17, 15) is 0 Å². The Morgan fingerprint density at radius 2 is 2.00 bits per heavy atom. The minimum atomic E-state index is 0.609. The average molecular weight is 165 g/mol. The molecular formula is C11H19N. The molecule has 0 bridgehead atoms. The Morgan fingerprint density at radius 1 is 1.33 bits per heavy atom. The molecular weight excluding hydrogens is 146 g/mol. The lowest BCUT2D eigenvalue weighted by Crippen LogP contribution is -1.97. The second-order valence-corrected chi connectivity index (χ2v) is 3.03. The Balaban J connectivity index is 3.90. The van der Waals surface area contributed by atoms with Crippen molar-refractivity contribution in [1.29, 1.82) is 0 Å². The Morgan fingerprint density at radius 3 is 2.42 bits per heavy atom. The molecule has 0 aromatic carbocycles. The van der Waals surface area contributed by atoms with Crippen LogP contribution in [0.4, 0.5) is 0 Å². The molecule has 0 radical (unpaired) electrons. The maximum Gasteiger partial charge on any atom is 0.0602 e. The van der Waals surface area contributed by atoms with Crippen LogP contribution in [0.15, 0.2) is 28.8 Å². The Hall–Kier alpha value is -0.850. The summed E-state index contributed by atoms with van der Waals surface area (Å²) in [5.41, 5.74) is 1.40. The molecule has 0 rings (SSSR count). The van der Waals surface area contributed by atoms with Gasteiger partial charge >= 0.3 is 0 Å². The van der Waals surface area contributed by atoms with Gasteiger partial charge < -0.3 is 0 Å². The van der Waals surface area contributed by atoms with E-state index in [-0.39, 0.29) is 0 Å². The van der Waals surface area contributed by atoms with E-state index in [4.69, 9.17) is 0 Å². The van der Waals surface area contributed by atoms with Crippen LogP contribution in [0.1, 0.15) is 27.7 Å². The number of aliphatic imine (C=N–C) groups is 1. The second kappa shape index (κ2) is 6.84. The lowest BCUT2D eigenvalue weighted by molar-refractivity contribution is 0.745. The van der Waals surface area contributed by atoms with E-state index in [1.54, 1.807) is 0 Å². The van der Waals surface area contributed by atoms with Crippen LogP contribution in [-0.4, -0.2) is 12.8 Å². The molecule has 0 amide bonds. The fourth-order valence-electron chi connectivity index (χ4n) is 0.912. The molecule has 0 spiro atoms. The van der Waals surface area contributed by atoms with Crippen LogP contribution in [0, 0.1) is 5.92 Å². The third kappa shape index (κ3) is 4.89. The van der Waals surface area contributed by atoms with E-state index in [1.807, 2.05) is 25.3 Å². The van der Waals surface area contributed by atoms with E-state index >= 15 is 0 Å². The van der Waals surface area contributed by atoms with E-state index in [2.05, 4.69) is 31.8 Å². The third-order valence-electron chi connectivity index (χ3n) is 1.77. The minimum Gasteiger partial charge on any atom is -0.289 e. The molecule has 0 aliphatic carbocycles. The van der Waals surface area contributed by atoms with Crippen molar-refractivity contribution in [3.8, 4) is 0 Å². The predicted octanol–water partition coefficient (Wildman–Crippen LogP) is 3.24. The number of nitrogens with zero attached hydrogens (tertiary/aromatic N) is 1. The van der Waals surface area contributed by atoms with Gasteiger partial charge in [0.2, 0.25) is 0 Å². The summed E-state index contributed by atoms with van der Waals surface area (Å²) in [7, 11) is 0. The molecule has 0 aliphatic heterocycles. The summed E-state index contributed by atoms with van der Waals surface area (Å²) in [6.07, 6.45) is 7.94. The quantitative estimate of drug-likeness (QED) is 0.448. The van der Waals surface area contributed by atoms with Crippen molar-refractivity contribution in [3.05, 3.63) is 23.8 Å². The van der Waals surface area contributed by atoms with Crippen molar-refractivity contribution in [2.24, 2.45) is 10.9 Å². The van der Waals surface area contributed by atoms with Crippen molar-refractivity contribution in [2.75, 3.05) is 6.54 Å². The zero-order valence-electron chi connectivity index (χ0n) is 8.54. The molecule has 0 heterocycles. The van der Waals surface area contributed by atoms with Crippen molar-refractivity contribution in [2.45, 2.75) is 27.7 Å². The zero-order chi connectivity index (χ0) is 9.40. The first-order chi connectivity index (χ1) is 5.72. The normalized spacial score (nSPS) is 13.9. The minimum absolute atomic E-state index is 0.609. The van der Waals surface area contributed by atoms with Crippen LogP contribution < -0.4 is 0 Å². The highest BCUT2D eigenvalue weighted by Crippen LogP contribution is 2.08. The van der Waals surface area contributed by atoms with Gasteiger partial charge in [-0.05, 0) is 25.8 Å². The maximum atomic E-state index is 4.27. The second-order valence-electron chi connectivity index (χ2n) is 3.03. The molecule has 0 fully saturated rings. The van der Waals surface area contributed by atoms with Gasteiger partial charge in [0.15, 0.2) is 0 Å². The van der Waals surface area contributed by atoms with Gasteiger partial charge in [-0.25, -0.2) is 0 Å². The fraction of sp³-hybridized carbons (Fsp3) is 0.545. The number of rotatable bonds is 4. The molecule has 1 heteroatoms. The van der Waals surface area contributed by atoms with Crippen molar-refractivity contribution >= 4 is 6.21 Å². The van der Waals surface area contributed by atoms with Gasteiger partial charge in [-0.3, -0.25) is 4.99 Å². The highest BCUT2D eigenvalue weighted by molar-refractivity contribution is 5.70. The predicted molar refractivity (Wildman–Crippen MR) is 56.8 cm³/mol. The van der Waals surface area contributed by atoms with Crippen LogP contribution in [-0.2, 0) is 0 Å². The molecule has 0 atom stereocenters. The first kappa shape index (κ1) is 11.2. The number of hydrogen-bond donors (Lipinski definition) is 0.